The average Bonchev–Trinajstić information content (AvgIpc) is 2.55. The predicted octanol–water partition coefficient (Wildman–Crippen LogP) is 0.778. The van der Waals surface area contributed by atoms with Crippen LogP contribution in [0.2, 0.25) is 11.1 Å². The summed E-state index contributed by atoms with van der Waals surface area (Å²) in [6.45, 7) is 6.29. The van der Waals surface area contributed by atoms with Gasteiger partial charge < -0.3 is 15.3 Å². The molecule has 4 atom stereocenters. The van der Waals surface area contributed by atoms with Gasteiger partial charge in [-0.2, -0.15) is 0 Å². The van der Waals surface area contributed by atoms with Crippen LogP contribution >= 0.6 is 0 Å². The first-order valence-electron chi connectivity index (χ1n) is 6.40. The van der Waals surface area contributed by atoms with Crippen LogP contribution in [0.4, 0.5) is 0 Å². The van der Waals surface area contributed by atoms with Crippen molar-refractivity contribution in [2.24, 2.45) is 0 Å². The van der Waals surface area contributed by atoms with Crippen LogP contribution in [0.3, 0.4) is 0 Å². The monoisotopic (exact) mass is 266 g/mol. The fourth-order valence-electron chi connectivity index (χ4n) is 3.28. The Kier molecular flexibility index (Phi) is 3.40. The molecule has 0 bridgehead atoms. The zero-order valence-corrected chi connectivity index (χ0v) is 12.2. The standard InChI is InChI=1S/C14H22O3Si/c1-14(2,3)18(10-7-5-4-6-8-10)9-11(15)12(16)13(18)17/h4-8,11-13,15-17H,9H2,1-3H3/t11-,12-,13-,18-/m0/s1. The third kappa shape index (κ3) is 1.84. The third-order valence-corrected chi connectivity index (χ3v) is 10.8. The highest BCUT2D eigenvalue weighted by molar-refractivity contribution is 6.96. The van der Waals surface area contributed by atoms with Crippen molar-refractivity contribution in [3.05, 3.63) is 30.3 Å². The van der Waals surface area contributed by atoms with Crippen molar-refractivity contribution in [3.8, 4) is 0 Å². The molecule has 0 radical (unpaired) electrons. The second-order valence-electron chi connectivity index (χ2n) is 6.29. The molecule has 1 heterocycles. The van der Waals surface area contributed by atoms with Gasteiger partial charge in [0.15, 0.2) is 0 Å². The molecule has 100 valence electrons. The first-order valence-corrected chi connectivity index (χ1v) is 8.69. The lowest BCUT2D eigenvalue weighted by Gasteiger charge is -2.43. The molecule has 1 aromatic rings. The molecule has 1 saturated heterocycles. The highest BCUT2D eigenvalue weighted by Crippen LogP contribution is 2.46. The Morgan fingerprint density at radius 3 is 2.00 bits per heavy atom. The van der Waals surface area contributed by atoms with Crippen LogP contribution in [0, 0.1) is 0 Å². The largest absolute Gasteiger partial charge is 0.393 e. The fourth-order valence-corrected chi connectivity index (χ4v) is 8.96. The molecule has 0 spiro atoms. The molecule has 0 amide bonds. The summed E-state index contributed by atoms with van der Waals surface area (Å²) in [7, 11) is -2.38. The Balaban J connectivity index is 2.57. The van der Waals surface area contributed by atoms with Crippen LogP contribution in [-0.2, 0) is 0 Å². The molecule has 1 aliphatic heterocycles. The molecule has 3 N–H and O–H groups in total. The van der Waals surface area contributed by atoms with Crippen LogP contribution in [-0.4, -0.2) is 41.3 Å². The summed E-state index contributed by atoms with van der Waals surface area (Å²) in [4.78, 5) is 0. The van der Waals surface area contributed by atoms with Gasteiger partial charge in [0, 0.05) is 0 Å². The van der Waals surface area contributed by atoms with Crippen molar-refractivity contribution in [1.29, 1.82) is 0 Å². The summed E-state index contributed by atoms with van der Waals surface area (Å²) in [5.41, 5.74) is -0.810. The molecule has 18 heavy (non-hydrogen) atoms. The zero-order valence-electron chi connectivity index (χ0n) is 11.2. The Labute approximate surface area is 109 Å². The minimum absolute atomic E-state index is 0.119. The van der Waals surface area contributed by atoms with Crippen molar-refractivity contribution in [2.45, 2.75) is 49.8 Å². The number of aliphatic hydroxyl groups excluding tert-OH is 3. The molecule has 1 aromatic carbocycles. The smallest absolute Gasteiger partial charge is 0.130 e. The van der Waals surface area contributed by atoms with E-state index in [9.17, 15) is 15.3 Å². The maximum absolute atomic E-state index is 10.5. The van der Waals surface area contributed by atoms with Gasteiger partial charge in [-0.25, -0.2) is 0 Å². The van der Waals surface area contributed by atoms with E-state index in [0.29, 0.717) is 6.04 Å². The quantitative estimate of drug-likeness (QED) is 0.658. The van der Waals surface area contributed by atoms with E-state index in [2.05, 4.69) is 20.8 Å². The lowest BCUT2D eigenvalue weighted by Crippen LogP contribution is -2.62. The molecule has 1 fully saturated rings. The average molecular weight is 266 g/mol. The summed E-state index contributed by atoms with van der Waals surface area (Å²) < 4.78 is 0. The van der Waals surface area contributed by atoms with E-state index in [1.54, 1.807) is 0 Å². The number of aliphatic hydroxyl groups is 3. The van der Waals surface area contributed by atoms with Crippen molar-refractivity contribution >= 4 is 13.3 Å². The van der Waals surface area contributed by atoms with Gasteiger partial charge >= 0.3 is 0 Å². The number of benzene rings is 1. The van der Waals surface area contributed by atoms with E-state index in [-0.39, 0.29) is 5.04 Å². The lowest BCUT2D eigenvalue weighted by molar-refractivity contribution is -0.00757. The summed E-state index contributed by atoms with van der Waals surface area (Å²) in [6.07, 6.45) is -1.83. The van der Waals surface area contributed by atoms with Gasteiger partial charge in [-0.05, 0) is 11.1 Å². The van der Waals surface area contributed by atoms with Crippen LogP contribution in [0.5, 0.6) is 0 Å². The Morgan fingerprint density at radius 1 is 1.06 bits per heavy atom. The molecule has 0 aromatic heterocycles. The number of hydrogen-bond donors (Lipinski definition) is 3. The van der Waals surface area contributed by atoms with E-state index < -0.39 is 26.0 Å². The highest BCUT2D eigenvalue weighted by Gasteiger charge is 2.60. The first kappa shape index (κ1) is 13.7. The maximum Gasteiger partial charge on any atom is 0.130 e. The topological polar surface area (TPSA) is 60.7 Å². The molecule has 0 saturated carbocycles. The van der Waals surface area contributed by atoms with Crippen molar-refractivity contribution < 1.29 is 15.3 Å². The molecular weight excluding hydrogens is 244 g/mol. The maximum atomic E-state index is 10.5. The molecule has 0 unspecified atom stereocenters. The third-order valence-electron chi connectivity index (χ3n) is 4.38. The molecule has 4 heteroatoms. The summed E-state index contributed by atoms with van der Waals surface area (Å²) >= 11 is 0. The summed E-state index contributed by atoms with van der Waals surface area (Å²) in [5, 5.41) is 31.4. The molecule has 3 nitrogen and oxygen atoms in total. The number of hydrogen-bond acceptors (Lipinski definition) is 3. The van der Waals surface area contributed by atoms with Crippen LogP contribution in [0.25, 0.3) is 0 Å². The molecular formula is C14H22O3Si. The van der Waals surface area contributed by atoms with Crippen molar-refractivity contribution in [2.75, 3.05) is 0 Å². The highest BCUT2D eigenvalue weighted by atomic mass is 28.3. The van der Waals surface area contributed by atoms with E-state index >= 15 is 0 Å². The number of rotatable bonds is 1. The Morgan fingerprint density at radius 2 is 1.61 bits per heavy atom. The summed E-state index contributed by atoms with van der Waals surface area (Å²) in [5.74, 6) is 0. The van der Waals surface area contributed by atoms with Gasteiger partial charge in [-0.3, -0.25) is 0 Å². The van der Waals surface area contributed by atoms with Gasteiger partial charge in [0.05, 0.1) is 11.8 Å². The van der Waals surface area contributed by atoms with Crippen LogP contribution < -0.4 is 5.19 Å². The van der Waals surface area contributed by atoms with E-state index in [1.165, 1.54) is 0 Å². The molecule has 0 aliphatic carbocycles. The van der Waals surface area contributed by atoms with Crippen molar-refractivity contribution in [1.82, 2.24) is 0 Å². The normalized spacial score (nSPS) is 36.9. The van der Waals surface area contributed by atoms with E-state index in [0.717, 1.165) is 5.19 Å². The Bertz CT molecular complexity index is 415. The van der Waals surface area contributed by atoms with Crippen LogP contribution in [0.15, 0.2) is 30.3 Å². The van der Waals surface area contributed by atoms with Crippen LogP contribution in [0.1, 0.15) is 20.8 Å². The fraction of sp³-hybridized carbons (Fsp3) is 0.571. The Hall–Kier alpha value is -0.683. The summed E-state index contributed by atoms with van der Waals surface area (Å²) in [6, 6.07) is 10.4. The molecule has 2 rings (SSSR count). The van der Waals surface area contributed by atoms with E-state index in [1.807, 2.05) is 30.3 Å². The second kappa shape index (κ2) is 4.45. The predicted molar refractivity (Wildman–Crippen MR) is 74.4 cm³/mol. The van der Waals surface area contributed by atoms with Gasteiger partial charge in [-0.1, -0.05) is 56.3 Å². The van der Waals surface area contributed by atoms with Gasteiger partial charge in [-0.15, -0.1) is 0 Å². The SMILES string of the molecule is CC(C)(C)[Si@]1(c2ccccc2)C[C@H](O)[C@H](O)[C@H]1O. The molecule has 1 aliphatic rings. The zero-order chi connectivity index (χ0) is 13.6. The first-order chi connectivity index (χ1) is 8.30. The minimum Gasteiger partial charge on any atom is -0.393 e. The van der Waals surface area contributed by atoms with Crippen molar-refractivity contribution in [3.63, 3.8) is 0 Å². The second-order valence-corrected chi connectivity index (χ2v) is 11.3. The lowest BCUT2D eigenvalue weighted by atomic mass is 10.2. The van der Waals surface area contributed by atoms with Gasteiger partial charge in [0.2, 0.25) is 0 Å². The van der Waals surface area contributed by atoms with Gasteiger partial charge in [0.25, 0.3) is 0 Å². The minimum atomic E-state index is -2.38. The van der Waals surface area contributed by atoms with E-state index in [4.69, 9.17) is 0 Å². The van der Waals surface area contributed by atoms with Gasteiger partial charge in [0.1, 0.15) is 14.2 Å².